The monoisotopic (exact) mass is 245 g/mol. The molecule has 94 valence electrons. The maximum atomic E-state index is 11.0. The highest BCUT2D eigenvalue weighted by Crippen LogP contribution is 2.12. The number of nitrogens with zero attached hydrogens (tertiary/aromatic N) is 3. The fourth-order valence-corrected chi connectivity index (χ4v) is 1.53. The molecule has 6 nitrogen and oxygen atoms in total. The number of nitrogens with one attached hydrogen (secondary N) is 1. The molecule has 0 aliphatic heterocycles. The number of amides is 1. The molecule has 0 saturated heterocycles. The van der Waals surface area contributed by atoms with Crippen molar-refractivity contribution in [1.29, 1.82) is 0 Å². The number of nitrogens with two attached hydrogens (primary N) is 1. The van der Waals surface area contributed by atoms with Crippen molar-refractivity contribution in [2.24, 2.45) is 5.73 Å². The quantitative estimate of drug-likeness (QED) is 0.828. The van der Waals surface area contributed by atoms with E-state index in [0.717, 1.165) is 5.56 Å². The first-order chi connectivity index (χ1) is 8.61. The summed E-state index contributed by atoms with van der Waals surface area (Å²) in [6.45, 7) is 2.05. The molecule has 1 amide bonds. The maximum Gasteiger partial charge on any atom is 0.251 e. The van der Waals surface area contributed by atoms with Crippen LogP contribution in [-0.2, 0) is 0 Å². The van der Waals surface area contributed by atoms with Gasteiger partial charge in [-0.25, -0.2) is 9.67 Å². The Balaban J connectivity index is 2.25. The molecule has 1 unspecified atom stereocenters. The van der Waals surface area contributed by atoms with Crippen molar-refractivity contribution in [2.75, 3.05) is 7.05 Å². The van der Waals surface area contributed by atoms with E-state index in [0.29, 0.717) is 11.4 Å². The maximum absolute atomic E-state index is 11.0. The van der Waals surface area contributed by atoms with Gasteiger partial charge in [-0.15, -0.1) is 0 Å². The predicted octanol–water partition coefficient (Wildman–Crippen LogP) is 0.647. The molecule has 18 heavy (non-hydrogen) atoms. The Morgan fingerprint density at radius 3 is 2.72 bits per heavy atom. The summed E-state index contributed by atoms with van der Waals surface area (Å²) in [6, 6.07) is 4.06. The van der Waals surface area contributed by atoms with E-state index in [4.69, 9.17) is 5.73 Å². The van der Waals surface area contributed by atoms with Gasteiger partial charge in [0.2, 0.25) is 0 Å². The summed E-state index contributed by atoms with van der Waals surface area (Å²) in [4.78, 5) is 15.3. The van der Waals surface area contributed by atoms with E-state index < -0.39 is 5.91 Å². The first kappa shape index (κ1) is 12.3. The minimum absolute atomic E-state index is 0.241. The Morgan fingerprint density at radius 2 is 2.22 bits per heavy atom. The van der Waals surface area contributed by atoms with Crippen molar-refractivity contribution >= 4 is 5.91 Å². The van der Waals surface area contributed by atoms with Gasteiger partial charge in [-0.2, -0.15) is 5.10 Å². The number of carbonyl (C=O) groups is 1. The third kappa shape index (κ3) is 2.38. The Labute approximate surface area is 105 Å². The van der Waals surface area contributed by atoms with E-state index in [-0.39, 0.29) is 6.04 Å². The summed E-state index contributed by atoms with van der Waals surface area (Å²) in [5.74, 6) is 0.149. The number of pyridine rings is 1. The van der Waals surface area contributed by atoms with Crippen molar-refractivity contribution in [2.45, 2.75) is 13.0 Å². The summed E-state index contributed by atoms with van der Waals surface area (Å²) in [7, 11) is 1.89. The van der Waals surface area contributed by atoms with Gasteiger partial charge in [-0.3, -0.25) is 4.79 Å². The predicted molar refractivity (Wildman–Crippen MR) is 67.4 cm³/mol. The molecule has 2 rings (SSSR count). The van der Waals surface area contributed by atoms with Crippen molar-refractivity contribution in [3.63, 3.8) is 0 Å². The third-order valence-corrected chi connectivity index (χ3v) is 2.81. The molecule has 1 atom stereocenters. The van der Waals surface area contributed by atoms with Crippen molar-refractivity contribution in [3.05, 3.63) is 41.9 Å². The van der Waals surface area contributed by atoms with Crippen LogP contribution in [0.25, 0.3) is 5.82 Å². The number of aromatic nitrogens is 3. The largest absolute Gasteiger partial charge is 0.366 e. The molecule has 0 spiro atoms. The summed E-state index contributed by atoms with van der Waals surface area (Å²) >= 11 is 0. The summed E-state index contributed by atoms with van der Waals surface area (Å²) in [5.41, 5.74) is 6.62. The van der Waals surface area contributed by atoms with E-state index in [9.17, 15) is 4.79 Å². The molecule has 0 aliphatic carbocycles. The van der Waals surface area contributed by atoms with E-state index >= 15 is 0 Å². The SMILES string of the molecule is CNC(C)c1ccc(-n2cc(C(N)=O)cn2)nc1. The van der Waals surface area contributed by atoms with Gasteiger partial charge in [-0.05, 0) is 25.6 Å². The number of primary amides is 1. The topological polar surface area (TPSA) is 85.8 Å². The molecule has 0 aliphatic rings. The van der Waals surface area contributed by atoms with E-state index in [1.54, 1.807) is 12.4 Å². The molecular weight excluding hydrogens is 230 g/mol. The molecule has 0 radical (unpaired) electrons. The smallest absolute Gasteiger partial charge is 0.251 e. The van der Waals surface area contributed by atoms with Crippen LogP contribution in [0.4, 0.5) is 0 Å². The third-order valence-electron chi connectivity index (χ3n) is 2.81. The molecule has 0 saturated carbocycles. The minimum atomic E-state index is -0.498. The van der Waals surface area contributed by atoms with Crippen molar-refractivity contribution in [3.8, 4) is 5.82 Å². The molecule has 6 heteroatoms. The van der Waals surface area contributed by atoms with Crippen LogP contribution in [0.5, 0.6) is 0 Å². The second-order valence-electron chi connectivity index (χ2n) is 4.00. The highest BCUT2D eigenvalue weighted by molar-refractivity contribution is 5.92. The Bertz CT molecular complexity index is 546. The lowest BCUT2D eigenvalue weighted by molar-refractivity contribution is 0.100. The van der Waals surface area contributed by atoms with Gasteiger partial charge in [-0.1, -0.05) is 6.07 Å². The lowest BCUT2D eigenvalue weighted by Crippen LogP contribution is -2.12. The molecule has 2 aromatic heterocycles. The van der Waals surface area contributed by atoms with Crippen LogP contribution in [0.3, 0.4) is 0 Å². The van der Waals surface area contributed by atoms with Crippen LogP contribution in [0.1, 0.15) is 28.9 Å². The van der Waals surface area contributed by atoms with E-state index in [1.807, 2.05) is 19.2 Å². The molecule has 2 heterocycles. The average Bonchev–Trinajstić information content (AvgIpc) is 2.88. The highest BCUT2D eigenvalue weighted by atomic mass is 16.1. The highest BCUT2D eigenvalue weighted by Gasteiger charge is 2.07. The first-order valence-corrected chi connectivity index (χ1v) is 5.60. The number of carbonyl (C=O) groups excluding carboxylic acids is 1. The van der Waals surface area contributed by atoms with Crippen LogP contribution < -0.4 is 11.1 Å². The lowest BCUT2D eigenvalue weighted by Gasteiger charge is -2.10. The normalized spacial score (nSPS) is 12.3. The zero-order chi connectivity index (χ0) is 13.1. The standard InChI is InChI=1S/C12H15N5O/c1-8(14-2)9-3-4-11(15-5-9)17-7-10(6-16-17)12(13)18/h3-8,14H,1-2H3,(H2,13,18). The Kier molecular flexibility index (Phi) is 3.38. The van der Waals surface area contributed by atoms with Crippen LogP contribution in [-0.4, -0.2) is 27.7 Å². The van der Waals surface area contributed by atoms with Crippen molar-refractivity contribution in [1.82, 2.24) is 20.1 Å². The Hall–Kier alpha value is -2.21. The van der Waals surface area contributed by atoms with Gasteiger partial charge in [0, 0.05) is 18.4 Å². The summed E-state index contributed by atoms with van der Waals surface area (Å²) in [5, 5.41) is 7.18. The van der Waals surface area contributed by atoms with Gasteiger partial charge in [0.1, 0.15) is 0 Å². The first-order valence-electron chi connectivity index (χ1n) is 5.60. The molecular formula is C12H15N5O. The molecule has 0 fully saturated rings. The Morgan fingerprint density at radius 1 is 1.44 bits per heavy atom. The van der Waals surface area contributed by atoms with Gasteiger partial charge in [0.05, 0.1) is 11.8 Å². The molecule has 0 aromatic carbocycles. The van der Waals surface area contributed by atoms with Gasteiger partial charge in [0.15, 0.2) is 5.82 Å². The van der Waals surface area contributed by atoms with Crippen LogP contribution in [0.15, 0.2) is 30.7 Å². The lowest BCUT2D eigenvalue weighted by atomic mass is 10.1. The number of hydrogen-bond acceptors (Lipinski definition) is 4. The van der Waals surface area contributed by atoms with Gasteiger partial charge < -0.3 is 11.1 Å². The van der Waals surface area contributed by atoms with Gasteiger partial charge >= 0.3 is 0 Å². The van der Waals surface area contributed by atoms with Crippen LogP contribution in [0, 0.1) is 0 Å². The van der Waals surface area contributed by atoms with E-state index in [1.165, 1.54) is 10.9 Å². The molecule has 3 N–H and O–H groups in total. The zero-order valence-electron chi connectivity index (χ0n) is 10.3. The second kappa shape index (κ2) is 4.97. The fourth-order valence-electron chi connectivity index (χ4n) is 1.53. The molecule has 2 aromatic rings. The van der Waals surface area contributed by atoms with Crippen LogP contribution >= 0.6 is 0 Å². The van der Waals surface area contributed by atoms with Gasteiger partial charge in [0.25, 0.3) is 5.91 Å². The summed E-state index contributed by atoms with van der Waals surface area (Å²) < 4.78 is 1.52. The minimum Gasteiger partial charge on any atom is -0.366 e. The van der Waals surface area contributed by atoms with E-state index in [2.05, 4.69) is 22.3 Å². The van der Waals surface area contributed by atoms with Crippen LogP contribution in [0.2, 0.25) is 0 Å². The second-order valence-corrected chi connectivity index (χ2v) is 4.00. The molecule has 0 bridgehead atoms. The summed E-state index contributed by atoms with van der Waals surface area (Å²) in [6.07, 6.45) is 4.77. The fraction of sp³-hybridized carbons (Fsp3) is 0.250. The zero-order valence-corrected chi connectivity index (χ0v) is 10.3. The average molecular weight is 245 g/mol. The van der Waals surface area contributed by atoms with Crippen molar-refractivity contribution < 1.29 is 4.79 Å². The number of rotatable bonds is 4. The number of hydrogen-bond donors (Lipinski definition) is 2.